The zero-order valence-corrected chi connectivity index (χ0v) is 7.93. The number of nitrogens with two attached hydrogens (primary N) is 1. The molecule has 11 heavy (non-hydrogen) atoms. The van der Waals surface area contributed by atoms with Crippen LogP contribution in [0.3, 0.4) is 0 Å². The summed E-state index contributed by atoms with van der Waals surface area (Å²) in [6.07, 6.45) is 0. The normalized spacial score (nSPS) is 19.4. The van der Waals surface area contributed by atoms with Gasteiger partial charge in [0.05, 0.1) is 0 Å². The standard InChI is InChI=1S/C4H11N3.C4H10/c5-7-3-1-6-2-4-7;1-4(2)3/h6H,1-5H2;4H,1-3H3. The van der Waals surface area contributed by atoms with Gasteiger partial charge < -0.3 is 5.32 Å². The van der Waals surface area contributed by atoms with Crippen molar-refractivity contribution in [3.05, 3.63) is 0 Å². The third-order valence-corrected chi connectivity index (χ3v) is 1.15. The predicted molar refractivity (Wildman–Crippen MR) is 49.1 cm³/mol. The first-order valence-electron chi connectivity index (χ1n) is 4.33. The molecule has 3 nitrogen and oxygen atoms in total. The second kappa shape index (κ2) is 6.58. The van der Waals surface area contributed by atoms with E-state index in [1.165, 1.54) is 0 Å². The number of piperazine rings is 1. The first kappa shape index (κ1) is 10.9. The van der Waals surface area contributed by atoms with Crippen LogP contribution >= 0.6 is 0 Å². The van der Waals surface area contributed by atoms with E-state index in [1.807, 2.05) is 5.01 Å². The molecule has 0 atom stereocenters. The largest absolute Gasteiger partial charge is 0.314 e. The third-order valence-electron chi connectivity index (χ3n) is 1.15. The molecular formula is C8H21N3. The van der Waals surface area contributed by atoms with Crippen molar-refractivity contribution in [1.29, 1.82) is 0 Å². The monoisotopic (exact) mass is 159 g/mol. The molecular weight excluding hydrogens is 138 g/mol. The Balaban J connectivity index is 0.000000218. The fourth-order valence-electron chi connectivity index (χ4n) is 0.682. The zero-order valence-electron chi connectivity index (χ0n) is 7.93. The minimum absolute atomic E-state index is 0.833. The van der Waals surface area contributed by atoms with Crippen LogP contribution < -0.4 is 11.2 Å². The van der Waals surface area contributed by atoms with Crippen molar-refractivity contribution < 1.29 is 0 Å². The highest BCUT2D eigenvalue weighted by Crippen LogP contribution is 1.81. The van der Waals surface area contributed by atoms with Crippen LogP contribution in [0.1, 0.15) is 20.8 Å². The molecule has 0 spiro atoms. The van der Waals surface area contributed by atoms with E-state index in [1.54, 1.807) is 0 Å². The summed E-state index contributed by atoms with van der Waals surface area (Å²) < 4.78 is 0. The van der Waals surface area contributed by atoms with Crippen molar-refractivity contribution >= 4 is 0 Å². The van der Waals surface area contributed by atoms with E-state index in [9.17, 15) is 0 Å². The Bertz CT molecular complexity index is 74.7. The molecule has 0 radical (unpaired) electrons. The maximum Gasteiger partial charge on any atom is 0.0254 e. The second-order valence-electron chi connectivity index (χ2n) is 3.52. The third kappa shape index (κ3) is 9.88. The fraction of sp³-hybridized carbons (Fsp3) is 1.00. The van der Waals surface area contributed by atoms with E-state index < -0.39 is 0 Å². The predicted octanol–water partition coefficient (Wildman–Crippen LogP) is 0.428. The number of hydrazine groups is 1. The van der Waals surface area contributed by atoms with Gasteiger partial charge in [0, 0.05) is 26.2 Å². The summed E-state index contributed by atoms with van der Waals surface area (Å²) in [5.41, 5.74) is 0. The topological polar surface area (TPSA) is 41.3 Å². The molecule has 1 saturated heterocycles. The van der Waals surface area contributed by atoms with Crippen molar-refractivity contribution in [2.45, 2.75) is 20.8 Å². The molecule has 0 aliphatic carbocycles. The van der Waals surface area contributed by atoms with E-state index in [0.29, 0.717) is 0 Å². The van der Waals surface area contributed by atoms with Gasteiger partial charge in [-0.2, -0.15) is 0 Å². The van der Waals surface area contributed by atoms with Gasteiger partial charge in [0.25, 0.3) is 0 Å². The Labute approximate surface area is 69.9 Å². The molecule has 0 aromatic rings. The summed E-state index contributed by atoms with van der Waals surface area (Å²) in [6, 6.07) is 0. The van der Waals surface area contributed by atoms with E-state index in [4.69, 9.17) is 5.84 Å². The molecule has 0 aromatic heterocycles. The number of nitrogens with zero attached hydrogens (tertiary/aromatic N) is 1. The Morgan fingerprint density at radius 1 is 1.18 bits per heavy atom. The smallest absolute Gasteiger partial charge is 0.0254 e. The molecule has 1 heterocycles. The SMILES string of the molecule is CC(C)C.NN1CCNCC1. The van der Waals surface area contributed by atoms with Crippen molar-refractivity contribution in [2.24, 2.45) is 11.8 Å². The minimum atomic E-state index is 0.833. The van der Waals surface area contributed by atoms with Gasteiger partial charge in [0.2, 0.25) is 0 Å². The second-order valence-corrected chi connectivity index (χ2v) is 3.52. The van der Waals surface area contributed by atoms with E-state index in [-0.39, 0.29) is 0 Å². The molecule has 0 bridgehead atoms. The van der Waals surface area contributed by atoms with Gasteiger partial charge in [-0.05, 0) is 5.92 Å². The van der Waals surface area contributed by atoms with Gasteiger partial charge in [0.15, 0.2) is 0 Å². The van der Waals surface area contributed by atoms with Crippen molar-refractivity contribution in [1.82, 2.24) is 10.3 Å². The summed E-state index contributed by atoms with van der Waals surface area (Å²) in [5, 5.41) is 5.02. The minimum Gasteiger partial charge on any atom is -0.314 e. The van der Waals surface area contributed by atoms with E-state index in [2.05, 4.69) is 26.1 Å². The number of hydrogen-bond acceptors (Lipinski definition) is 3. The quantitative estimate of drug-likeness (QED) is 0.504. The zero-order chi connectivity index (χ0) is 8.69. The summed E-state index contributed by atoms with van der Waals surface area (Å²) >= 11 is 0. The van der Waals surface area contributed by atoms with Gasteiger partial charge in [-0.25, -0.2) is 5.01 Å². The molecule has 1 aliphatic rings. The van der Waals surface area contributed by atoms with Crippen LogP contribution in [0.15, 0.2) is 0 Å². The molecule has 0 unspecified atom stereocenters. The highest BCUT2D eigenvalue weighted by molar-refractivity contribution is 4.60. The van der Waals surface area contributed by atoms with Crippen molar-refractivity contribution in [2.75, 3.05) is 26.2 Å². The number of nitrogens with one attached hydrogen (secondary N) is 1. The fourth-order valence-corrected chi connectivity index (χ4v) is 0.682. The van der Waals surface area contributed by atoms with Crippen LogP contribution in [0.25, 0.3) is 0 Å². The van der Waals surface area contributed by atoms with Crippen LogP contribution in [0.5, 0.6) is 0 Å². The Morgan fingerprint density at radius 2 is 1.55 bits per heavy atom. The molecule has 0 aromatic carbocycles. The lowest BCUT2D eigenvalue weighted by atomic mass is 10.3. The Hall–Kier alpha value is -0.120. The van der Waals surface area contributed by atoms with Crippen LogP contribution in [-0.4, -0.2) is 31.2 Å². The van der Waals surface area contributed by atoms with Crippen molar-refractivity contribution in [3.63, 3.8) is 0 Å². The lowest BCUT2D eigenvalue weighted by Crippen LogP contribution is -2.47. The molecule has 1 aliphatic heterocycles. The van der Waals surface area contributed by atoms with Gasteiger partial charge >= 0.3 is 0 Å². The highest BCUT2D eigenvalue weighted by atomic mass is 15.4. The van der Waals surface area contributed by atoms with E-state index >= 15 is 0 Å². The molecule has 68 valence electrons. The summed E-state index contributed by atoms with van der Waals surface area (Å²) in [5.74, 6) is 6.26. The van der Waals surface area contributed by atoms with Crippen LogP contribution in [0, 0.1) is 5.92 Å². The molecule has 1 fully saturated rings. The first-order valence-corrected chi connectivity index (χ1v) is 4.33. The summed E-state index contributed by atoms with van der Waals surface area (Å²) in [7, 11) is 0. The average molecular weight is 159 g/mol. The molecule has 3 N–H and O–H groups in total. The maximum absolute atomic E-state index is 5.43. The molecule has 3 heteroatoms. The maximum atomic E-state index is 5.43. The average Bonchev–Trinajstić information content (AvgIpc) is 1.87. The Kier molecular flexibility index (Phi) is 6.51. The Morgan fingerprint density at radius 3 is 1.73 bits per heavy atom. The van der Waals surface area contributed by atoms with Gasteiger partial charge in [-0.15, -0.1) is 0 Å². The lowest BCUT2D eigenvalue weighted by molar-refractivity contribution is 0.248. The van der Waals surface area contributed by atoms with Gasteiger partial charge in [-0.3, -0.25) is 5.84 Å². The lowest BCUT2D eigenvalue weighted by Gasteiger charge is -2.21. The van der Waals surface area contributed by atoms with E-state index in [0.717, 1.165) is 32.1 Å². The van der Waals surface area contributed by atoms with Crippen LogP contribution in [0.4, 0.5) is 0 Å². The molecule has 0 saturated carbocycles. The van der Waals surface area contributed by atoms with Crippen molar-refractivity contribution in [3.8, 4) is 0 Å². The first-order chi connectivity index (χ1) is 5.13. The number of rotatable bonds is 0. The van der Waals surface area contributed by atoms with Gasteiger partial charge in [-0.1, -0.05) is 20.8 Å². The summed E-state index contributed by atoms with van der Waals surface area (Å²) in [4.78, 5) is 0. The van der Waals surface area contributed by atoms with Crippen LogP contribution in [0.2, 0.25) is 0 Å². The summed E-state index contributed by atoms with van der Waals surface area (Å²) in [6.45, 7) is 10.5. The van der Waals surface area contributed by atoms with Crippen LogP contribution in [-0.2, 0) is 0 Å². The molecule has 0 amide bonds. The van der Waals surface area contributed by atoms with Gasteiger partial charge in [0.1, 0.15) is 0 Å². The molecule has 1 rings (SSSR count). The highest BCUT2D eigenvalue weighted by Gasteiger charge is 2.01. The number of hydrogen-bond donors (Lipinski definition) is 2.